The van der Waals surface area contributed by atoms with Crippen LogP contribution in [0.3, 0.4) is 0 Å². The van der Waals surface area contributed by atoms with Gasteiger partial charge in [0.05, 0.1) is 0 Å². The Labute approximate surface area is 46.2 Å². The van der Waals surface area contributed by atoms with Crippen LogP contribution in [0.25, 0.3) is 0 Å². The average Bonchev–Trinajstić information content (AvgIpc) is 1.76. The van der Waals surface area contributed by atoms with Crippen LogP contribution in [0.5, 0.6) is 0 Å². The van der Waals surface area contributed by atoms with Crippen molar-refractivity contribution < 1.29 is 0 Å². The maximum absolute atomic E-state index is 2.33. The normalized spacial score (nSPS) is 20.0. The second-order valence-corrected chi connectivity index (χ2v) is 2.41. The number of hydrogen-bond donors (Lipinski definition) is 0. The minimum Gasteiger partial charge on any atom is -0.147 e. The molecule has 0 atom stereocenters. The van der Waals surface area contributed by atoms with E-state index < -0.39 is 0 Å². The van der Waals surface area contributed by atoms with Gasteiger partial charge in [0.25, 0.3) is 0 Å². The van der Waals surface area contributed by atoms with Crippen LogP contribution in [0.2, 0.25) is 0 Å². The summed E-state index contributed by atoms with van der Waals surface area (Å²) in [6.45, 7) is 0. The van der Waals surface area contributed by atoms with E-state index in [1.807, 2.05) is 0 Å². The second kappa shape index (κ2) is 3.64. The van der Waals surface area contributed by atoms with Crippen LogP contribution in [-0.2, 0) is 0 Å². The van der Waals surface area contributed by atoms with E-state index in [9.17, 15) is 0 Å². The zero-order valence-electron chi connectivity index (χ0n) is 3.55. The van der Waals surface area contributed by atoms with Gasteiger partial charge in [-0.3, -0.25) is 0 Å². The van der Waals surface area contributed by atoms with Crippen molar-refractivity contribution in [2.45, 2.75) is 12.8 Å². The molecule has 6 heavy (non-hydrogen) atoms. The minimum absolute atomic E-state index is 0. The van der Waals surface area contributed by atoms with Gasteiger partial charge < -0.3 is 0 Å². The standard InChI is InChI=1S/C4H7P.ClH/c1-2-4-5-3-1;/h3H,1-2,4H2;1H. The molecule has 0 unspecified atom stereocenters. The van der Waals surface area contributed by atoms with E-state index >= 15 is 0 Å². The number of hydrogen-bond acceptors (Lipinski definition) is 0. The predicted molar refractivity (Wildman–Crippen MR) is 34.3 cm³/mol. The summed E-state index contributed by atoms with van der Waals surface area (Å²) in [6.07, 6.45) is 4.21. The maximum Gasteiger partial charge on any atom is -0.0106 e. The Hall–Kier alpha value is 0.460. The highest BCUT2D eigenvalue weighted by molar-refractivity contribution is 7.38. The van der Waals surface area contributed by atoms with Crippen molar-refractivity contribution in [3.8, 4) is 0 Å². The number of halogens is 1. The fourth-order valence-corrected chi connectivity index (χ4v) is 1.37. The molecule has 1 heterocycles. The summed E-state index contributed by atoms with van der Waals surface area (Å²) in [7, 11) is 1.57. The van der Waals surface area contributed by atoms with Gasteiger partial charge in [-0.1, -0.05) is 5.80 Å². The lowest BCUT2D eigenvalue weighted by Crippen LogP contribution is -1.60. The molecular formula is C4H8ClP. The average molecular weight is 123 g/mol. The Balaban J connectivity index is 0.000000250. The quantitative estimate of drug-likeness (QED) is 0.431. The topological polar surface area (TPSA) is 0 Å². The third-order valence-corrected chi connectivity index (χ3v) is 1.84. The molecule has 0 radical (unpaired) electrons. The van der Waals surface area contributed by atoms with Crippen LogP contribution < -0.4 is 0 Å². The summed E-state index contributed by atoms with van der Waals surface area (Å²) in [5.74, 6) is 2.33. The highest BCUT2D eigenvalue weighted by atomic mass is 35.5. The Kier molecular flexibility index (Phi) is 3.92. The summed E-state index contributed by atoms with van der Waals surface area (Å²) < 4.78 is 0. The first-order valence-electron chi connectivity index (χ1n) is 1.98. The molecule has 0 N–H and O–H groups in total. The molecule has 0 aromatic heterocycles. The largest absolute Gasteiger partial charge is 0.147 e. The lowest BCUT2D eigenvalue weighted by atomic mass is 10.4. The summed E-state index contributed by atoms with van der Waals surface area (Å²) >= 11 is 0. The van der Waals surface area contributed by atoms with Crippen LogP contribution in [0.4, 0.5) is 0 Å². The first-order valence-corrected chi connectivity index (χ1v) is 3.13. The monoisotopic (exact) mass is 122 g/mol. The first kappa shape index (κ1) is 6.46. The van der Waals surface area contributed by atoms with Gasteiger partial charge in [0.2, 0.25) is 0 Å². The highest BCUT2D eigenvalue weighted by Gasteiger charge is 1.85. The molecule has 0 saturated carbocycles. The van der Waals surface area contributed by atoms with Crippen LogP contribution in [0.1, 0.15) is 12.8 Å². The van der Waals surface area contributed by atoms with E-state index in [-0.39, 0.29) is 12.4 Å². The molecule has 36 valence electrons. The third kappa shape index (κ3) is 1.79. The van der Waals surface area contributed by atoms with Crippen LogP contribution >= 0.6 is 20.6 Å². The van der Waals surface area contributed by atoms with Gasteiger partial charge >= 0.3 is 0 Å². The molecule has 0 aliphatic carbocycles. The molecule has 0 saturated heterocycles. The van der Waals surface area contributed by atoms with Gasteiger partial charge in [0, 0.05) is 0 Å². The molecule has 0 bridgehead atoms. The Morgan fingerprint density at radius 2 is 2.33 bits per heavy atom. The van der Waals surface area contributed by atoms with E-state index in [1.54, 1.807) is 8.20 Å². The van der Waals surface area contributed by atoms with Gasteiger partial charge in [-0.15, -0.1) is 20.6 Å². The maximum atomic E-state index is 2.33. The van der Waals surface area contributed by atoms with Gasteiger partial charge in [0.15, 0.2) is 0 Å². The molecule has 1 aliphatic heterocycles. The van der Waals surface area contributed by atoms with E-state index in [4.69, 9.17) is 0 Å². The molecule has 0 spiro atoms. The first-order chi connectivity index (χ1) is 2.50. The van der Waals surface area contributed by atoms with Crippen LogP contribution in [0, 0.1) is 0 Å². The van der Waals surface area contributed by atoms with E-state index in [2.05, 4.69) is 5.80 Å². The van der Waals surface area contributed by atoms with Gasteiger partial charge in [-0.25, -0.2) is 0 Å². The molecule has 0 fully saturated rings. The smallest absolute Gasteiger partial charge is 0.0106 e. The zero-order chi connectivity index (χ0) is 3.54. The van der Waals surface area contributed by atoms with Crippen molar-refractivity contribution in [2.75, 3.05) is 6.16 Å². The van der Waals surface area contributed by atoms with Crippen molar-refractivity contribution in [2.24, 2.45) is 0 Å². The second-order valence-electron chi connectivity index (χ2n) is 1.23. The summed E-state index contributed by atoms with van der Waals surface area (Å²) in [5.41, 5.74) is 0. The lowest BCUT2D eigenvalue weighted by Gasteiger charge is -1.68. The van der Waals surface area contributed by atoms with Gasteiger partial charge in [-0.2, -0.15) is 0 Å². The predicted octanol–water partition coefficient (Wildman–Crippen LogP) is 1.95. The van der Waals surface area contributed by atoms with Crippen molar-refractivity contribution in [1.29, 1.82) is 0 Å². The van der Waals surface area contributed by atoms with E-state index in [0.717, 1.165) is 0 Å². The van der Waals surface area contributed by atoms with Crippen LogP contribution in [0.15, 0.2) is 0 Å². The molecule has 1 aliphatic rings. The summed E-state index contributed by atoms with van der Waals surface area (Å²) in [4.78, 5) is 0. The Bertz CT molecular complexity index is 45.5. The molecule has 0 aromatic carbocycles. The zero-order valence-corrected chi connectivity index (χ0v) is 5.27. The summed E-state index contributed by atoms with van der Waals surface area (Å²) in [6, 6.07) is 0. The molecule has 0 nitrogen and oxygen atoms in total. The minimum atomic E-state index is 0. The number of rotatable bonds is 0. The fourth-order valence-electron chi connectivity index (χ4n) is 0.456. The molecule has 1 rings (SSSR count). The van der Waals surface area contributed by atoms with Gasteiger partial charge in [0.1, 0.15) is 0 Å². The Morgan fingerprint density at radius 1 is 1.50 bits per heavy atom. The SMILES string of the molecule is C1=PCCC1.Cl. The van der Waals surface area contributed by atoms with E-state index in [0.29, 0.717) is 0 Å². The molecule has 2 heteroatoms. The van der Waals surface area contributed by atoms with Crippen molar-refractivity contribution in [3.63, 3.8) is 0 Å². The van der Waals surface area contributed by atoms with Gasteiger partial charge in [-0.05, 0) is 19.0 Å². The lowest BCUT2D eigenvalue weighted by molar-refractivity contribution is 1.05. The molecule has 0 aromatic rings. The van der Waals surface area contributed by atoms with Crippen molar-refractivity contribution in [1.82, 2.24) is 0 Å². The molecular weight excluding hydrogens is 114 g/mol. The summed E-state index contributed by atoms with van der Waals surface area (Å²) in [5, 5.41) is 0. The Morgan fingerprint density at radius 3 is 2.50 bits per heavy atom. The van der Waals surface area contributed by atoms with Crippen molar-refractivity contribution >= 4 is 26.4 Å². The van der Waals surface area contributed by atoms with Crippen molar-refractivity contribution in [3.05, 3.63) is 0 Å². The highest BCUT2D eigenvalue weighted by Crippen LogP contribution is 2.07. The third-order valence-electron chi connectivity index (χ3n) is 0.750. The molecule has 0 amide bonds. The fraction of sp³-hybridized carbons (Fsp3) is 0.750. The van der Waals surface area contributed by atoms with E-state index in [1.165, 1.54) is 19.0 Å². The van der Waals surface area contributed by atoms with Crippen LogP contribution in [-0.4, -0.2) is 12.0 Å².